The number of amidine groups is 1. The molecule has 0 saturated heterocycles. The summed E-state index contributed by atoms with van der Waals surface area (Å²) in [6.45, 7) is 5.70. The number of carbonyl (C=O) groups excluding carboxylic acids is 1. The van der Waals surface area contributed by atoms with Crippen molar-refractivity contribution in [2.24, 2.45) is 4.99 Å². The summed E-state index contributed by atoms with van der Waals surface area (Å²) in [6.07, 6.45) is 0.220. The van der Waals surface area contributed by atoms with Crippen LogP contribution in [0.15, 0.2) is 33.8 Å². The number of carbonyl (C=O) groups is 1. The highest BCUT2D eigenvalue weighted by Crippen LogP contribution is 2.28. The Morgan fingerprint density at radius 3 is 2.62 bits per heavy atom. The lowest BCUT2D eigenvalue weighted by molar-refractivity contribution is -0.117. The lowest BCUT2D eigenvalue weighted by atomic mass is 10.1. The summed E-state index contributed by atoms with van der Waals surface area (Å²) < 4.78 is 5.17. The summed E-state index contributed by atoms with van der Waals surface area (Å²) in [4.78, 5) is 19.3. The molecule has 0 spiro atoms. The predicted octanol–water partition coefficient (Wildman–Crippen LogP) is 4.01. The summed E-state index contributed by atoms with van der Waals surface area (Å²) in [5.74, 6) is 1.48. The highest BCUT2D eigenvalue weighted by molar-refractivity contribution is 8.14. The molecule has 2 heterocycles. The number of amides is 1. The van der Waals surface area contributed by atoms with Crippen LogP contribution in [0.25, 0.3) is 0 Å². The molecular formula is C17H18ClN3O2S. The van der Waals surface area contributed by atoms with E-state index in [1.165, 1.54) is 0 Å². The predicted molar refractivity (Wildman–Crippen MR) is 98.0 cm³/mol. The van der Waals surface area contributed by atoms with Gasteiger partial charge in [0, 0.05) is 16.3 Å². The number of benzene rings is 1. The first-order valence-electron chi connectivity index (χ1n) is 7.66. The average Bonchev–Trinajstić information content (AvgIpc) is 3.10. The number of aryl methyl sites for hydroxylation is 2. The normalized spacial score (nSPS) is 17.0. The quantitative estimate of drug-likeness (QED) is 0.826. The molecule has 1 amide bonds. The number of anilines is 1. The number of aromatic nitrogens is 1. The highest BCUT2D eigenvalue weighted by Gasteiger charge is 2.28. The van der Waals surface area contributed by atoms with Crippen LogP contribution in [0.1, 0.15) is 23.9 Å². The molecule has 2 aromatic rings. The Morgan fingerprint density at radius 1 is 1.38 bits per heavy atom. The zero-order valence-corrected chi connectivity index (χ0v) is 15.3. The zero-order chi connectivity index (χ0) is 17.3. The fourth-order valence-corrected chi connectivity index (χ4v) is 3.70. The summed E-state index contributed by atoms with van der Waals surface area (Å²) in [7, 11) is 0. The number of halogens is 1. The Balaban J connectivity index is 1.93. The van der Waals surface area contributed by atoms with E-state index in [4.69, 9.17) is 16.1 Å². The molecule has 126 valence electrons. The maximum atomic E-state index is 13.0. The summed E-state index contributed by atoms with van der Waals surface area (Å²) in [6, 6.07) is 7.42. The van der Waals surface area contributed by atoms with Crippen molar-refractivity contribution in [2.45, 2.75) is 33.2 Å². The number of thioether (sulfide) groups is 1. The molecule has 0 N–H and O–H groups in total. The van der Waals surface area contributed by atoms with Crippen LogP contribution in [0.3, 0.4) is 0 Å². The molecule has 3 rings (SSSR count). The van der Waals surface area contributed by atoms with E-state index >= 15 is 0 Å². The third-order valence-corrected chi connectivity index (χ3v) is 5.27. The van der Waals surface area contributed by atoms with Crippen molar-refractivity contribution in [1.82, 2.24) is 5.16 Å². The van der Waals surface area contributed by atoms with E-state index in [0.29, 0.717) is 10.8 Å². The van der Waals surface area contributed by atoms with Crippen LogP contribution >= 0.6 is 23.4 Å². The summed E-state index contributed by atoms with van der Waals surface area (Å²) >= 11 is 7.57. The molecule has 7 heteroatoms. The number of aliphatic imine (C=N–C) groups is 1. The van der Waals surface area contributed by atoms with E-state index in [-0.39, 0.29) is 18.4 Å². The SMILES string of the molecule is Cc1noc(C)c1CC(=O)N(C1=N[C@@H](C)CS1)c1ccc(Cl)cc1. The Hall–Kier alpha value is -1.79. The molecule has 1 aliphatic heterocycles. The summed E-state index contributed by atoms with van der Waals surface area (Å²) in [5.41, 5.74) is 2.33. The third-order valence-electron chi connectivity index (χ3n) is 3.82. The molecule has 1 atom stereocenters. The maximum absolute atomic E-state index is 13.0. The standard InChI is InChI=1S/C17H18ClN3O2S/c1-10-9-24-17(19-10)21(14-6-4-13(18)5-7-14)16(22)8-15-11(2)20-23-12(15)3/h4-7,10H,8-9H2,1-3H3/t10-/m0/s1. The van der Waals surface area contributed by atoms with E-state index in [1.54, 1.807) is 28.8 Å². The first-order chi connectivity index (χ1) is 11.5. The Morgan fingerprint density at radius 2 is 2.08 bits per heavy atom. The van der Waals surface area contributed by atoms with Crippen LogP contribution in [-0.2, 0) is 11.2 Å². The molecule has 24 heavy (non-hydrogen) atoms. The first-order valence-corrected chi connectivity index (χ1v) is 9.03. The minimum atomic E-state index is -0.0629. The number of hydrogen-bond donors (Lipinski definition) is 0. The molecule has 0 fully saturated rings. The molecule has 5 nitrogen and oxygen atoms in total. The second-order valence-electron chi connectivity index (χ2n) is 5.76. The van der Waals surface area contributed by atoms with Gasteiger partial charge in [-0.1, -0.05) is 28.5 Å². The summed E-state index contributed by atoms with van der Waals surface area (Å²) in [5, 5.41) is 5.28. The third kappa shape index (κ3) is 3.49. The Kier molecular flexibility index (Phi) is 4.96. The van der Waals surface area contributed by atoms with Gasteiger partial charge in [0.1, 0.15) is 5.76 Å². The Bertz CT molecular complexity index is 766. The van der Waals surface area contributed by atoms with Crippen molar-refractivity contribution >= 4 is 40.1 Å². The Labute approximate surface area is 150 Å². The van der Waals surface area contributed by atoms with Gasteiger partial charge in [0.25, 0.3) is 0 Å². The number of nitrogens with zero attached hydrogens (tertiary/aromatic N) is 3. The van der Waals surface area contributed by atoms with Crippen molar-refractivity contribution in [3.05, 3.63) is 46.3 Å². The molecular weight excluding hydrogens is 346 g/mol. The number of hydrogen-bond acceptors (Lipinski definition) is 5. The van der Waals surface area contributed by atoms with Crippen LogP contribution in [0.2, 0.25) is 5.02 Å². The van der Waals surface area contributed by atoms with Crippen molar-refractivity contribution in [3.8, 4) is 0 Å². The van der Waals surface area contributed by atoms with Gasteiger partial charge in [0.15, 0.2) is 5.17 Å². The molecule has 0 unspecified atom stereocenters. The van der Waals surface area contributed by atoms with Gasteiger partial charge in [-0.15, -0.1) is 0 Å². The molecule has 0 bridgehead atoms. The molecule has 0 radical (unpaired) electrons. The topological polar surface area (TPSA) is 58.7 Å². The van der Waals surface area contributed by atoms with Gasteiger partial charge in [0.2, 0.25) is 5.91 Å². The lowest BCUT2D eigenvalue weighted by Gasteiger charge is -2.22. The van der Waals surface area contributed by atoms with E-state index < -0.39 is 0 Å². The highest BCUT2D eigenvalue weighted by atomic mass is 35.5. The van der Waals surface area contributed by atoms with Gasteiger partial charge in [-0.3, -0.25) is 14.7 Å². The van der Waals surface area contributed by atoms with E-state index in [9.17, 15) is 4.79 Å². The van der Waals surface area contributed by atoms with Crippen LogP contribution < -0.4 is 4.90 Å². The second kappa shape index (κ2) is 6.99. The van der Waals surface area contributed by atoms with Gasteiger partial charge in [0.05, 0.1) is 23.8 Å². The van der Waals surface area contributed by atoms with Gasteiger partial charge in [-0.2, -0.15) is 0 Å². The van der Waals surface area contributed by atoms with E-state index in [1.807, 2.05) is 32.9 Å². The minimum absolute atomic E-state index is 0.0629. The van der Waals surface area contributed by atoms with Crippen LogP contribution in [0.5, 0.6) is 0 Å². The van der Waals surface area contributed by atoms with Crippen LogP contribution in [-0.4, -0.2) is 28.0 Å². The molecule has 1 aromatic carbocycles. The fraction of sp³-hybridized carbons (Fsp3) is 0.353. The maximum Gasteiger partial charge on any atom is 0.237 e. The minimum Gasteiger partial charge on any atom is -0.361 e. The molecule has 0 saturated carbocycles. The molecule has 1 aliphatic rings. The fourth-order valence-electron chi connectivity index (χ4n) is 2.52. The zero-order valence-electron chi connectivity index (χ0n) is 13.7. The molecule has 0 aliphatic carbocycles. The second-order valence-corrected chi connectivity index (χ2v) is 7.18. The smallest absolute Gasteiger partial charge is 0.237 e. The van der Waals surface area contributed by atoms with Crippen molar-refractivity contribution in [2.75, 3.05) is 10.7 Å². The van der Waals surface area contributed by atoms with E-state index in [2.05, 4.69) is 10.1 Å². The molecule has 1 aromatic heterocycles. The van der Waals surface area contributed by atoms with Gasteiger partial charge >= 0.3 is 0 Å². The van der Waals surface area contributed by atoms with Gasteiger partial charge < -0.3 is 4.52 Å². The van der Waals surface area contributed by atoms with Crippen molar-refractivity contribution < 1.29 is 9.32 Å². The monoisotopic (exact) mass is 363 g/mol. The number of rotatable bonds is 3. The van der Waals surface area contributed by atoms with E-state index in [0.717, 1.165) is 27.9 Å². The van der Waals surface area contributed by atoms with Crippen LogP contribution in [0, 0.1) is 13.8 Å². The van der Waals surface area contributed by atoms with Crippen molar-refractivity contribution in [3.63, 3.8) is 0 Å². The largest absolute Gasteiger partial charge is 0.361 e. The van der Waals surface area contributed by atoms with Gasteiger partial charge in [-0.05, 0) is 45.0 Å². The first kappa shape index (κ1) is 17.0. The van der Waals surface area contributed by atoms with Gasteiger partial charge in [-0.25, -0.2) is 0 Å². The van der Waals surface area contributed by atoms with Crippen LogP contribution in [0.4, 0.5) is 5.69 Å². The average molecular weight is 364 g/mol. The van der Waals surface area contributed by atoms with Crippen molar-refractivity contribution in [1.29, 1.82) is 0 Å². The lowest BCUT2D eigenvalue weighted by Crippen LogP contribution is -2.36.